The van der Waals surface area contributed by atoms with E-state index in [1.54, 1.807) is 55.5 Å². The van der Waals surface area contributed by atoms with Gasteiger partial charge < -0.3 is 4.74 Å². The zero-order valence-corrected chi connectivity index (χ0v) is 17.8. The van der Waals surface area contributed by atoms with Crippen molar-refractivity contribution < 1.29 is 23.9 Å². The maximum Gasteiger partial charge on any atom is 0.326 e. The Hall–Kier alpha value is -3.52. The van der Waals surface area contributed by atoms with E-state index in [1.165, 1.54) is 9.80 Å². The van der Waals surface area contributed by atoms with Gasteiger partial charge in [0.15, 0.2) is 0 Å². The molecule has 3 heterocycles. The third kappa shape index (κ3) is 2.59. The van der Waals surface area contributed by atoms with Gasteiger partial charge in [0.2, 0.25) is 11.8 Å². The molecular weight excluding hydrogens is 410 g/mol. The van der Waals surface area contributed by atoms with Gasteiger partial charge in [-0.2, -0.15) is 0 Å². The summed E-state index contributed by atoms with van der Waals surface area (Å²) in [7, 11) is 0. The van der Waals surface area contributed by atoms with Crippen LogP contribution in [0.15, 0.2) is 54.6 Å². The number of esters is 1. The van der Waals surface area contributed by atoms with Gasteiger partial charge in [0.25, 0.3) is 5.91 Å². The van der Waals surface area contributed by atoms with Crippen molar-refractivity contribution in [3.05, 3.63) is 60.2 Å². The van der Waals surface area contributed by atoms with Crippen molar-refractivity contribution in [3.8, 4) is 0 Å². The number of para-hydroxylation sites is 2. The zero-order chi connectivity index (χ0) is 22.6. The molecule has 0 aromatic heterocycles. The Morgan fingerprint density at radius 1 is 1.03 bits per heavy atom. The summed E-state index contributed by atoms with van der Waals surface area (Å²) >= 11 is 0. The van der Waals surface area contributed by atoms with Crippen LogP contribution in [0.1, 0.15) is 19.4 Å². The number of amides is 3. The lowest BCUT2D eigenvalue weighted by Crippen LogP contribution is -2.55. The molecule has 0 bridgehead atoms. The standard InChI is InChI=1S/C24H23N3O5/c1-3-32-18(28)13-26-17-12-8-7-11-16(17)24(23(26)31)20-19(14(2)25-24)21(29)27(22(20)30)15-9-5-4-6-10-15/h4-12,14,19-20,25H,3,13H2,1-2H3/t14-,19+,20-,24-/m0/s1. The van der Waals surface area contributed by atoms with Crippen LogP contribution in [0.4, 0.5) is 11.4 Å². The lowest BCUT2D eigenvalue weighted by Gasteiger charge is -2.30. The number of benzene rings is 2. The van der Waals surface area contributed by atoms with Crippen LogP contribution in [-0.4, -0.2) is 42.9 Å². The molecule has 0 radical (unpaired) electrons. The minimum Gasteiger partial charge on any atom is -0.465 e. The zero-order valence-electron chi connectivity index (χ0n) is 17.8. The minimum atomic E-state index is -1.41. The van der Waals surface area contributed by atoms with Gasteiger partial charge >= 0.3 is 5.97 Å². The summed E-state index contributed by atoms with van der Waals surface area (Å²) in [6, 6.07) is 15.4. The van der Waals surface area contributed by atoms with E-state index in [0.29, 0.717) is 16.9 Å². The number of hydrogen-bond acceptors (Lipinski definition) is 6. The van der Waals surface area contributed by atoms with Crippen molar-refractivity contribution >= 4 is 35.1 Å². The van der Waals surface area contributed by atoms with Crippen LogP contribution < -0.4 is 15.1 Å². The Morgan fingerprint density at radius 3 is 2.44 bits per heavy atom. The first kappa shape index (κ1) is 20.4. The highest BCUT2D eigenvalue weighted by molar-refractivity contribution is 6.26. The molecule has 3 aliphatic rings. The van der Waals surface area contributed by atoms with E-state index in [-0.39, 0.29) is 19.1 Å². The van der Waals surface area contributed by atoms with Gasteiger partial charge in [0.1, 0.15) is 12.1 Å². The number of fused-ring (bicyclic) bond motifs is 4. The summed E-state index contributed by atoms with van der Waals surface area (Å²) in [5.41, 5.74) is 0.221. The van der Waals surface area contributed by atoms with Gasteiger partial charge in [0, 0.05) is 17.3 Å². The Bertz CT molecular complexity index is 1130. The Balaban J connectivity index is 1.62. The van der Waals surface area contributed by atoms with Gasteiger partial charge in [-0.05, 0) is 32.0 Å². The molecule has 3 amide bonds. The van der Waals surface area contributed by atoms with E-state index in [4.69, 9.17) is 4.74 Å². The van der Waals surface area contributed by atoms with Crippen LogP contribution in [0.25, 0.3) is 0 Å². The smallest absolute Gasteiger partial charge is 0.326 e. The summed E-state index contributed by atoms with van der Waals surface area (Å²) in [4.78, 5) is 55.7. The first-order chi connectivity index (χ1) is 15.4. The predicted molar refractivity (Wildman–Crippen MR) is 116 cm³/mol. The molecule has 2 aromatic rings. The maximum absolute atomic E-state index is 13.9. The summed E-state index contributed by atoms with van der Waals surface area (Å²) in [5, 5.41) is 3.29. The monoisotopic (exact) mass is 433 g/mol. The number of hydrogen-bond donors (Lipinski definition) is 1. The lowest BCUT2D eigenvalue weighted by atomic mass is 9.76. The largest absolute Gasteiger partial charge is 0.465 e. The molecule has 8 heteroatoms. The van der Waals surface area contributed by atoms with E-state index in [9.17, 15) is 19.2 Å². The molecule has 32 heavy (non-hydrogen) atoms. The molecule has 2 saturated heterocycles. The summed E-state index contributed by atoms with van der Waals surface area (Å²) < 4.78 is 5.06. The van der Waals surface area contributed by atoms with Crippen LogP contribution in [0.5, 0.6) is 0 Å². The normalized spacial score (nSPS) is 28.4. The highest BCUT2D eigenvalue weighted by atomic mass is 16.5. The van der Waals surface area contributed by atoms with Crippen molar-refractivity contribution in [1.29, 1.82) is 0 Å². The molecule has 8 nitrogen and oxygen atoms in total. The van der Waals surface area contributed by atoms with Gasteiger partial charge in [-0.15, -0.1) is 0 Å². The number of carbonyl (C=O) groups is 4. The predicted octanol–water partition coefficient (Wildman–Crippen LogP) is 1.59. The molecule has 0 unspecified atom stereocenters. The lowest BCUT2D eigenvalue weighted by molar-refractivity contribution is -0.142. The number of nitrogens with zero attached hydrogens (tertiary/aromatic N) is 2. The summed E-state index contributed by atoms with van der Waals surface area (Å²) in [6.07, 6.45) is 0. The van der Waals surface area contributed by atoms with E-state index >= 15 is 0 Å². The molecule has 164 valence electrons. The van der Waals surface area contributed by atoms with Crippen LogP contribution in [0.2, 0.25) is 0 Å². The first-order valence-corrected chi connectivity index (χ1v) is 10.7. The van der Waals surface area contributed by atoms with Crippen molar-refractivity contribution in [1.82, 2.24) is 5.32 Å². The molecule has 2 aromatic carbocycles. The SMILES string of the molecule is CCOC(=O)CN1C(=O)[C@]2(N[C@@H](C)[C@H]3C(=O)N(c4ccccc4)C(=O)[C@H]32)c2ccccc21. The molecule has 5 rings (SSSR count). The number of carbonyl (C=O) groups excluding carboxylic acids is 4. The van der Waals surface area contributed by atoms with E-state index < -0.39 is 41.2 Å². The number of nitrogens with one attached hydrogen (secondary N) is 1. The highest BCUT2D eigenvalue weighted by Crippen LogP contribution is 2.54. The Kier molecular flexibility index (Phi) is 4.63. The Labute approximate surface area is 185 Å². The van der Waals surface area contributed by atoms with Gasteiger partial charge in [-0.1, -0.05) is 36.4 Å². The van der Waals surface area contributed by atoms with Crippen LogP contribution in [-0.2, 0) is 29.5 Å². The molecule has 0 saturated carbocycles. The molecule has 1 N–H and O–H groups in total. The molecule has 2 fully saturated rings. The Morgan fingerprint density at radius 2 is 1.72 bits per heavy atom. The minimum absolute atomic E-state index is 0.201. The third-order valence-electron chi connectivity index (χ3n) is 6.62. The first-order valence-electron chi connectivity index (χ1n) is 10.7. The topological polar surface area (TPSA) is 96.0 Å². The molecule has 1 spiro atoms. The van der Waals surface area contributed by atoms with E-state index in [2.05, 4.69) is 5.32 Å². The number of ether oxygens (including phenoxy) is 1. The van der Waals surface area contributed by atoms with Gasteiger partial charge in [-0.3, -0.25) is 29.4 Å². The number of imide groups is 1. The van der Waals surface area contributed by atoms with Crippen LogP contribution in [0, 0.1) is 11.8 Å². The van der Waals surface area contributed by atoms with Crippen molar-refractivity contribution in [3.63, 3.8) is 0 Å². The van der Waals surface area contributed by atoms with Crippen molar-refractivity contribution in [2.45, 2.75) is 25.4 Å². The average Bonchev–Trinajstić information content (AvgIpc) is 3.33. The fraction of sp³-hybridized carbons (Fsp3) is 0.333. The fourth-order valence-corrected chi connectivity index (χ4v) is 5.43. The number of rotatable bonds is 4. The second-order valence-electron chi connectivity index (χ2n) is 8.31. The fourth-order valence-electron chi connectivity index (χ4n) is 5.43. The second kappa shape index (κ2) is 7.27. The van der Waals surface area contributed by atoms with Crippen LogP contribution >= 0.6 is 0 Å². The average molecular weight is 433 g/mol. The van der Waals surface area contributed by atoms with Crippen molar-refractivity contribution in [2.24, 2.45) is 11.8 Å². The number of anilines is 2. The van der Waals surface area contributed by atoms with Gasteiger partial charge in [0.05, 0.1) is 24.1 Å². The van der Waals surface area contributed by atoms with Crippen molar-refractivity contribution in [2.75, 3.05) is 23.0 Å². The summed E-state index contributed by atoms with van der Waals surface area (Å²) in [5.74, 6) is -3.29. The quantitative estimate of drug-likeness (QED) is 0.581. The molecule has 3 aliphatic heterocycles. The van der Waals surface area contributed by atoms with E-state index in [1.807, 2.05) is 13.0 Å². The molecular formula is C24H23N3O5. The molecule has 0 aliphatic carbocycles. The van der Waals surface area contributed by atoms with Gasteiger partial charge in [-0.25, -0.2) is 4.90 Å². The molecule has 4 atom stereocenters. The summed E-state index contributed by atoms with van der Waals surface area (Å²) in [6.45, 7) is 3.46. The van der Waals surface area contributed by atoms with Crippen LogP contribution in [0.3, 0.4) is 0 Å². The van der Waals surface area contributed by atoms with E-state index in [0.717, 1.165) is 0 Å². The maximum atomic E-state index is 13.9. The highest BCUT2D eigenvalue weighted by Gasteiger charge is 2.71. The third-order valence-corrected chi connectivity index (χ3v) is 6.62. The second-order valence-corrected chi connectivity index (χ2v) is 8.31.